The largest absolute Gasteiger partial charge is 0.573 e. The highest BCUT2D eigenvalue weighted by atomic mass is 19.4. The van der Waals surface area contributed by atoms with Crippen LogP contribution in [0.25, 0.3) is 10.9 Å². The van der Waals surface area contributed by atoms with Crippen molar-refractivity contribution in [1.82, 2.24) is 4.57 Å². The van der Waals surface area contributed by atoms with Gasteiger partial charge in [-0.2, -0.15) is 0 Å². The molecule has 152 valence electrons. The number of rotatable bonds is 6. The van der Waals surface area contributed by atoms with E-state index in [9.17, 15) is 27.5 Å². The molecular weight excluding hydrogens is 396 g/mol. The molecule has 0 spiro atoms. The number of ether oxygens (including phenoxy) is 1. The van der Waals surface area contributed by atoms with Crippen LogP contribution in [0.15, 0.2) is 53.8 Å². The molecule has 10 heteroatoms. The third kappa shape index (κ3) is 4.65. The number of fused-ring (bicyclic) bond motifs is 1. The molecule has 2 aromatic carbocycles. The predicted molar refractivity (Wildman–Crippen MR) is 95.5 cm³/mol. The van der Waals surface area contributed by atoms with Crippen molar-refractivity contribution in [2.45, 2.75) is 12.9 Å². The molecule has 0 amide bonds. The first-order valence-corrected chi connectivity index (χ1v) is 8.16. The second kappa shape index (κ2) is 7.82. The summed E-state index contributed by atoms with van der Waals surface area (Å²) in [7, 11) is 1.27. The van der Waals surface area contributed by atoms with E-state index in [0.717, 1.165) is 18.2 Å². The Balaban J connectivity index is 2.02. The molecule has 1 aromatic heterocycles. The molecule has 1 heterocycles. The van der Waals surface area contributed by atoms with Crippen LogP contribution >= 0.6 is 0 Å². The zero-order valence-electron chi connectivity index (χ0n) is 14.9. The van der Waals surface area contributed by atoms with Crippen LogP contribution in [0.3, 0.4) is 0 Å². The summed E-state index contributed by atoms with van der Waals surface area (Å²) in [6, 6.07) is 8.81. The van der Waals surface area contributed by atoms with Gasteiger partial charge in [0.1, 0.15) is 24.4 Å². The van der Waals surface area contributed by atoms with Crippen molar-refractivity contribution in [2.75, 3.05) is 7.11 Å². The SMILES string of the molecule is CO/N=C(\Cn1cc(C(=O)O)c2cc(F)ccc21)c1cccc(OC(F)(F)F)c1. The van der Waals surface area contributed by atoms with Crippen LogP contribution in [0.4, 0.5) is 17.6 Å². The average molecular weight is 410 g/mol. The molecule has 0 saturated carbocycles. The van der Waals surface area contributed by atoms with E-state index in [0.29, 0.717) is 5.52 Å². The zero-order chi connectivity index (χ0) is 21.2. The van der Waals surface area contributed by atoms with Gasteiger partial charge >= 0.3 is 12.3 Å². The molecule has 29 heavy (non-hydrogen) atoms. The monoisotopic (exact) mass is 410 g/mol. The molecule has 0 aliphatic heterocycles. The quantitative estimate of drug-likeness (QED) is 0.371. The number of halogens is 4. The molecule has 3 rings (SSSR count). The minimum atomic E-state index is -4.85. The third-order valence-electron chi connectivity index (χ3n) is 4.00. The van der Waals surface area contributed by atoms with E-state index in [2.05, 4.69) is 9.89 Å². The molecule has 0 fully saturated rings. The molecule has 0 aliphatic carbocycles. The summed E-state index contributed by atoms with van der Waals surface area (Å²) < 4.78 is 56.4. The van der Waals surface area contributed by atoms with Crippen molar-refractivity contribution < 1.29 is 37.0 Å². The molecule has 6 nitrogen and oxygen atoms in total. The molecule has 0 bridgehead atoms. The van der Waals surface area contributed by atoms with Gasteiger partial charge in [0.25, 0.3) is 0 Å². The zero-order valence-corrected chi connectivity index (χ0v) is 14.9. The second-order valence-corrected chi connectivity index (χ2v) is 5.93. The maximum absolute atomic E-state index is 13.6. The van der Waals surface area contributed by atoms with Crippen LogP contribution in [-0.2, 0) is 11.4 Å². The Morgan fingerprint density at radius 1 is 1.21 bits per heavy atom. The Labute approximate surface area is 161 Å². The smallest absolute Gasteiger partial charge is 0.478 e. The normalized spacial score (nSPS) is 12.2. The summed E-state index contributed by atoms with van der Waals surface area (Å²) >= 11 is 0. The van der Waals surface area contributed by atoms with Crippen molar-refractivity contribution >= 4 is 22.6 Å². The fourth-order valence-electron chi connectivity index (χ4n) is 2.89. The van der Waals surface area contributed by atoms with Gasteiger partial charge in [-0.1, -0.05) is 17.3 Å². The molecule has 0 saturated heterocycles. The van der Waals surface area contributed by atoms with Gasteiger partial charge in [-0.05, 0) is 30.3 Å². The molecule has 0 atom stereocenters. The lowest BCUT2D eigenvalue weighted by molar-refractivity contribution is -0.274. The molecular formula is C19H14F4N2O4. The maximum Gasteiger partial charge on any atom is 0.573 e. The Hall–Kier alpha value is -3.56. The van der Waals surface area contributed by atoms with Crippen LogP contribution in [-0.4, -0.2) is 34.8 Å². The van der Waals surface area contributed by atoms with E-state index in [1.54, 1.807) is 0 Å². The van der Waals surface area contributed by atoms with Crippen molar-refractivity contribution in [2.24, 2.45) is 5.16 Å². The number of carboxylic acid groups (broad SMARTS) is 1. The Morgan fingerprint density at radius 2 is 1.97 bits per heavy atom. The standard InChI is InChI=1S/C19H14F4N2O4/c1-28-24-16(11-3-2-4-13(7-11)29-19(21,22)23)10-25-9-15(18(26)27)14-8-12(20)5-6-17(14)25/h2-9H,10H2,1H3,(H,26,27)/b24-16+. The van der Waals surface area contributed by atoms with Crippen LogP contribution < -0.4 is 4.74 Å². The summed E-state index contributed by atoms with van der Waals surface area (Å²) in [5.41, 5.74) is 0.772. The van der Waals surface area contributed by atoms with Crippen molar-refractivity contribution in [1.29, 1.82) is 0 Å². The maximum atomic E-state index is 13.6. The highest BCUT2D eigenvalue weighted by Gasteiger charge is 2.31. The summed E-state index contributed by atoms with van der Waals surface area (Å²) in [5, 5.41) is 13.4. The van der Waals surface area contributed by atoms with Gasteiger partial charge in [0.05, 0.1) is 12.1 Å². The molecule has 0 aliphatic rings. The number of aromatic carboxylic acids is 1. The molecule has 0 unspecified atom stereocenters. The number of alkyl halides is 3. The summed E-state index contributed by atoms with van der Waals surface area (Å²) in [5.74, 6) is -2.28. The number of hydrogen-bond donors (Lipinski definition) is 1. The van der Waals surface area contributed by atoms with Gasteiger partial charge in [-0.15, -0.1) is 13.2 Å². The highest BCUT2D eigenvalue weighted by molar-refractivity contribution is 6.05. The fourth-order valence-corrected chi connectivity index (χ4v) is 2.89. The Morgan fingerprint density at radius 3 is 2.62 bits per heavy atom. The summed E-state index contributed by atoms with van der Waals surface area (Å²) in [4.78, 5) is 16.3. The Kier molecular flexibility index (Phi) is 5.44. The fraction of sp³-hybridized carbons (Fsp3) is 0.158. The first-order chi connectivity index (χ1) is 13.7. The van der Waals surface area contributed by atoms with E-state index in [1.165, 1.54) is 42.1 Å². The average Bonchev–Trinajstić information content (AvgIpc) is 2.98. The number of oxime groups is 1. The van der Waals surface area contributed by atoms with Gasteiger partial charge in [-0.25, -0.2) is 9.18 Å². The minimum absolute atomic E-state index is 0.0429. The lowest BCUT2D eigenvalue weighted by atomic mass is 10.1. The van der Waals surface area contributed by atoms with Crippen molar-refractivity contribution in [3.63, 3.8) is 0 Å². The number of hydrogen-bond acceptors (Lipinski definition) is 4. The molecule has 3 aromatic rings. The van der Waals surface area contributed by atoms with Gasteiger partial charge < -0.3 is 19.2 Å². The lowest BCUT2D eigenvalue weighted by Crippen LogP contribution is -2.18. The van der Waals surface area contributed by atoms with E-state index >= 15 is 0 Å². The second-order valence-electron chi connectivity index (χ2n) is 5.93. The number of benzene rings is 2. The topological polar surface area (TPSA) is 73.1 Å². The van der Waals surface area contributed by atoms with Gasteiger partial charge in [-0.3, -0.25) is 0 Å². The third-order valence-corrected chi connectivity index (χ3v) is 4.00. The van der Waals surface area contributed by atoms with E-state index in [4.69, 9.17) is 4.84 Å². The number of carboxylic acids is 1. The summed E-state index contributed by atoms with van der Waals surface area (Å²) in [6.07, 6.45) is -3.55. The highest BCUT2D eigenvalue weighted by Crippen LogP contribution is 2.26. The Bertz CT molecular complexity index is 1090. The molecule has 0 radical (unpaired) electrons. The van der Waals surface area contributed by atoms with Gasteiger partial charge in [0, 0.05) is 22.7 Å². The van der Waals surface area contributed by atoms with Crippen LogP contribution in [0.2, 0.25) is 0 Å². The van der Waals surface area contributed by atoms with Crippen LogP contribution in [0, 0.1) is 5.82 Å². The number of aromatic nitrogens is 1. The van der Waals surface area contributed by atoms with Crippen molar-refractivity contribution in [3.05, 3.63) is 65.6 Å². The van der Waals surface area contributed by atoms with Crippen molar-refractivity contribution in [3.8, 4) is 5.75 Å². The van der Waals surface area contributed by atoms with E-state index < -0.39 is 23.9 Å². The first kappa shape index (κ1) is 20.2. The van der Waals surface area contributed by atoms with E-state index in [1.807, 2.05) is 0 Å². The minimum Gasteiger partial charge on any atom is -0.478 e. The predicted octanol–water partition coefficient (Wildman–Crippen LogP) is 4.43. The van der Waals surface area contributed by atoms with Crippen LogP contribution in [0.1, 0.15) is 15.9 Å². The summed E-state index contributed by atoms with van der Waals surface area (Å²) in [6.45, 7) is -0.0429. The molecule has 1 N–H and O–H groups in total. The number of carbonyl (C=O) groups is 1. The lowest BCUT2D eigenvalue weighted by Gasteiger charge is -2.12. The van der Waals surface area contributed by atoms with E-state index in [-0.39, 0.29) is 28.8 Å². The number of nitrogens with zero attached hydrogens (tertiary/aromatic N) is 2. The van der Waals surface area contributed by atoms with Crippen LogP contribution in [0.5, 0.6) is 5.75 Å². The van der Waals surface area contributed by atoms with Gasteiger partial charge in [0.2, 0.25) is 0 Å². The first-order valence-electron chi connectivity index (χ1n) is 8.16. The van der Waals surface area contributed by atoms with Gasteiger partial charge in [0.15, 0.2) is 0 Å².